The van der Waals surface area contributed by atoms with Gasteiger partial charge in [0, 0.05) is 13.1 Å². The SMILES string of the molecule is C=CC(=O)N1CCCC(C(=O)N[C@@H]2COC(C)(C)O[C@@H]2c2ccccc2)C1. The Morgan fingerprint density at radius 1 is 1.30 bits per heavy atom. The van der Waals surface area contributed by atoms with Crippen LogP contribution in [0.5, 0.6) is 0 Å². The van der Waals surface area contributed by atoms with Gasteiger partial charge in [-0.3, -0.25) is 9.59 Å². The third kappa shape index (κ3) is 4.76. The minimum absolute atomic E-state index is 0.0607. The number of benzene rings is 1. The van der Waals surface area contributed by atoms with E-state index in [-0.39, 0.29) is 29.9 Å². The summed E-state index contributed by atoms with van der Waals surface area (Å²) in [5.74, 6) is -1.12. The minimum Gasteiger partial charge on any atom is -0.348 e. The van der Waals surface area contributed by atoms with Crippen LogP contribution in [-0.4, -0.2) is 48.2 Å². The van der Waals surface area contributed by atoms with Crippen LogP contribution >= 0.6 is 0 Å². The lowest BCUT2D eigenvalue weighted by atomic mass is 9.95. The van der Waals surface area contributed by atoms with E-state index in [9.17, 15) is 9.59 Å². The summed E-state index contributed by atoms with van der Waals surface area (Å²) in [6, 6.07) is 9.58. The number of carbonyl (C=O) groups excluding carboxylic acids is 2. The number of nitrogens with one attached hydrogen (secondary N) is 1. The fraction of sp³-hybridized carbons (Fsp3) is 0.524. The third-order valence-electron chi connectivity index (χ3n) is 5.12. The minimum atomic E-state index is -0.709. The predicted molar refractivity (Wildman–Crippen MR) is 102 cm³/mol. The molecular weight excluding hydrogens is 344 g/mol. The van der Waals surface area contributed by atoms with Crippen molar-refractivity contribution in [3.8, 4) is 0 Å². The van der Waals surface area contributed by atoms with Crippen molar-refractivity contribution >= 4 is 11.8 Å². The van der Waals surface area contributed by atoms with Crippen molar-refractivity contribution in [2.75, 3.05) is 19.7 Å². The second kappa shape index (κ2) is 8.23. The molecule has 1 aromatic rings. The van der Waals surface area contributed by atoms with Gasteiger partial charge in [0.25, 0.3) is 0 Å². The number of likely N-dealkylation sites (tertiary alicyclic amines) is 1. The highest BCUT2D eigenvalue weighted by Gasteiger charge is 2.39. The number of piperidine rings is 1. The van der Waals surface area contributed by atoms with Crippen LogP contribution < -0.4 is 5.32 Å². The molecule has 1 N–H and O–H groups in total. The number of ether oxygens (including phenoxy) is 2. The summed E-state index contributed by atoms with van der Waals surface area (Å²) in [6.07, 6.45) is 2.59. The Hall–Kier alpha value is -2.18. The van der Waals surface area contributed by atoms with Crippen LogP contribution in [0.15, 0.2) is 43.0 Å². The van der Waals surface area contributed by atoms with Crippen LogP contribution in [0, 0.1) is 5.92 Å². The Bertz CT molecular complexity index is 689. The topological polar surface area (TPSA) is 67.9 Å². The molecule has 3 rings (SSSR count). The first-order chi connectivity index (χ1) is 12.9. The first-order valence-corrected chi connectivity index (χ1v) is 9.48. The Balaban J connectivity index is 1.69. The number of nitrogens with zero attached hydrogens (tertiary/aromatic N) is 1. The van der Waals surface area contributed by atoms with Crippen LogP contribution in [0.25, 0.3) is 0 Å². The summed E-state index contributed by atoms with van der Waals surface area (Å²) in [5.41, 5.74) is 1.01. The molecule has 1 unspecified atom stereocenters. The highest BCUT2D eigenvalue weighted by atomic mass is 16.7. The van der Waals surface area contributed by atoms with Gasteiger partial charge in [0.05, 0.1) is 18.6 Å². The molecule has 0 spiro atoms. The molecule has 2 amide bonds. The summed E-state index contributed by atoms with van der Waals surface area (Å²) in [4.78, 5) is 26.4. The zero-order valence-corrected chi connectivity index (χ0v) is 16.0. The van der Waals surface area contributed by atoms with E-state index in [1.807, 2.05) is 44.2 Å². The van der Waals surface area contributed by atoms with Crippen molar-refractivity contribution in [3.63, 3.8) is 0 Å². The van der Waals surface area contributed by atoms with E-state index in [0.29, 0.717) is 19.7 Å². The van der Waals surface area contributed by atoms with Crippen molar-refractivity contribution in [2.45, 2.75) is 44.6 Å². The summed E-state index contributed by atoms with van der Waals surface area (Å²) < 4.78 is 11.9. The predicted octanol–water partition coefficient (Wildman–Crippen LogP) is 2.42. The zero-order valence-electron chi connectivity index (χ0n) is 16.0. The van der Waals surface area contributed by atoms with Gasteiger partial charge >= 0.3 is 0 Å². The lowest BCUT2D eigenvalue weighted by Crippen LogP contribution is -2.54. The molecule has 2 aliphatic rings. The normalized spacial score (nSPS) is 27.6. The van der Waals surface area contributed by atoms with Crippen molar-refractivity contribution in [3.05, 3.63) is 48.6 Å². The quantitative estimate of drug-likeness (QED) is 0.825. The van der Waals surface area contributed by atoms with E-state index in [1.165, 1.54) is 6.08 Å². The second-order valence-corrected chi connectivity index (χ2v) is 7.60. The maximum absolute atomic E-state index is 12.9. The average molecular weight is 372 g/mol. The molecule has 6 nitrogen and oxygen atoms in total. The Labute approximate surface area is 160 Å². The number of hydrogen-bond acceptors (Lipinski definition) is 4. The van der Waals surface area contributed by atoms with E-state index in [0.717, 1.165) is 18.4 Å². The molecule has 0 radical (unpaired) electrons. The monoisotopic (exact) mass is 372 g/mol. The van der Waals surface area contributed by atoms with E-state index in [2.05, 4.69) is 11.9 Å². The number of rotatable bonds is 4. The highest BCUT2D eigenvalue weighted by Crippen LogP contribution is 2.33. The maximum Gasteiger partial charge on any atom is 0.245 e. The van der Waals surface area contributed by atoms with Gasteiger partial charge in [-0.25, -0.2) is 0 Å². The largest absolute Gasteiger partial charge is 0.348 e. The molecule has 0 bridgehead atoms. The standard InChI is InChI=1S/C21H28N2O4/c1-4-18(24)23-12-8-11-16(13-23)20(25)22-17-14-26-21(2,3)27-19(17)15-9-6-5-7-10-15/h4-7,9-10,16-17,19H,1,8,11-14H2,2-3H3,(H,22,25)/t16?,17-,19-/m1/s1. The highest BCUT2D eigenvalue weighted by molar-refractivity contribution is 5.88. The smallest absolute Gasteiger partial charge is 0.245 e. The summed E-state index contributed by atoms with van der Waals surface area (Å²) in [5, 5.41) is 3.10. The Kier molecular flexibility index (Phi) is 5.97. The van der Waals surface area contributed by atoms with Gasteiger partial charge < -0.3 is 19.7 Å². The molecule has 0 aliphatic carbocycles. The van der Waals surface area contributed by atoms with Crippen molar-refractivity contribution in [1.82, 2.24) is 10.2 Å². The van der Waals surface area contributed by atoms with E-state index in [1.54, 1.807) is 4.90 Å². The summed E-state index contributed by atoms with van der Waals surface area (Å²) in [7, 11) is 0. The molecule has 2 fully saturated rings. The van der Waals surface area contributed by atoms with Crippen LogP contribution in [-0.2, 0) is 19.1 Å². The van der Waals surface area contributed by atoms with Crippen molar-refractivity contribution in [2.24, 2.45) is 5.92 Å². The summed E-state index contributed by atoms with van der Waals surface area (Å²) in [6.45, 7) is 8.75. The second-order valence-electron chi connectivity index (χ2n) is 7.60. The first kappa shape index (κ1) is 19.6. The van der Waals surface area contributed by atoms with Gasteiger partial charge in [0.15, 0.2) is 5.79 Å². The third-order valence-corrected chi connectivity index (χ3v) is 5.12. The summed E-state index contributed by atoms with van der Waals surface area (Å²) >= 11 is 0. The van der Waals surface area contributed by atoms with Gasteiger partial charge in [-0.1, -0.05) is 36.9 Å². The van der Waals surface area contributed by atoms with Gasteiger partial charge in [0.1, 0.15) is 6.10 Å². The first-order valence-electron chi connectivity index (χ1n) is 9.48. The number of carbonyl (C=O) groups is 2. The molecule has 2 saturated heterocycles. The maximum atomic E-state index is 12.9. The number of amides is 2. The lowest BCUT2D eigenvalue weighted by Gasteiger charge is -2.42. The number of hydrogen-bond donors (Lipinski definition) is 1. The fourth-order valence-corrected chi connectivity index (χ4v) is 3.68. The molecular formula is C21H28N2O4. The molecule has 1 aromatic carbocycles. The van der Waals surface area contributed by atoms with Gasteiger partial charge in [-0.15, -0.1) is 0 Å². The fourth-order valence-electron chi connectivity index (χ4n) is 3.68. The van der Waals surface area contributed by atoms with Crippen LogP contribution in [0.2, 0.25) is 0 Å². The molecule has 6 heteroatoms. The zero-order chi connectivity index (χ0) is 19.4. The molecule has 2 heterocycles. The van der Waals surface area contributed by atoms with Gasteiger partial charge in [-0.05, 0) is 38.3 Å². The van der Waals surface area contributed by atoms with E-state index < -0.39 is 5.79 Å². The molecule has 0 aromatic heterocycles. The molecule has 0 saturated carbocycles. The molecule has 2 aliphatic heterocycles. The van der Waals surface area contributed by atoms with E-state index in [4.69, 9.17) is 9.47 Å². The molecule has 3 atom stereocenters. The van der Waals surface area contributed by atoms with Gasteiger partial charge in [0.2, 0.25) is 11.8 Å². The van der Waals surface area contributed by atoms with Crippen molar-refractivity contribution < 1.29 is 19.1 Å². The van der Waals surface area contributed by atoms with Crippen LogP contribution in [0.4, 0.5) is 0 Å². The Morgan fingerprint density at radius 3 is 2.74 bits per heavy atom. The van der Waals surface area contributed by atoms with Crippen LogP contribution in [0.1, 0.15) is 38.4 Å². The van der Waals surface area contributed by atoms with Crippen molar-refractivity contribution in [1.29, 1.82) is 0 Å². The molecule has 27 heavy (non-hydrogen) atoms. The lowest BCUT2D eigenvalue weighted by molar-refractivity contribution is -0.285. The van der Waals surface area contributed by atoms with Gasteiger partial charge in [-0.2, -0.15) is 0 Å². The molecule has 146 valence electrons. The average Bonchev–Trinajstić information content (AvgIpc) is 2.69. The van der Waals surface area contributed by atoms with Crippen LogP contribution in [0.3, 0.4) is 0 Å². The Morgan fingerprint density at radius 2 is 2.04 bits per heavy atom. The van der Waals surface area contributed by atoms with E-state index >= 15 is 0 Å².